The molecule has 84 heavy (non-hydrogen) atoms. The number of Topliss-reactive ketones (excluding diaryl/α,β-unsaturated/α-hetero) is 2. The zero-order valence-corrected chi connectivity index (χ0v) is 53.1. The maximum absolute atomic E-state index is 14.4. The molecule has 2 aromatic rings. The van der Waals surface area contributed by atoms with Gasteiger partial charge in [0.2, 0.25) is 23.6 Å². The number of nitrogens with zero attached hydrogens (tertiary/aromatic N) is 4. The number of hydrogen-bond acceptors (Lipinski definition) is 16. The molecule has 22 heteroatoms. The Morgan fingerprint density at radius 2 is 1.46 bits per heavy atom. The summed E-state index contributed by atoms with van der Waals surface area (Å²) < 4.78 is 16.4. The van der Waals surface area contributed by atoms with E-state index in [2.05, 4.69) is 21.3 Å². The summed E-state index contributed by atoms with van der Waals surface area (Å²) in [7, 11) is 6.96. The van der Waals surface area contributed by atoms with Crippen molar-refractivity contribution in [1.82, 2.24) is 41.0 Å². The second kappa shape index (κ2) is 35.9. The molecular weight excluding hydrogens is 1100 g/mol. The van der Waals surface area contributed by atoms with Gasteiger partial charge in [-0.1, -0.05) is 77.8 Å². The van der Waals surface area contributed by atoms with Gasteiger partial charge in [-0.05, 0) is 90.8 Å². The minimum absolute atomic E-state index is 0.0387. The van der Waals surface area contributed by atoms with Gasteiger partial charge in [-0.3, -0.25) is 57.7 Å². The molecule has 0 aliphatic carbocycles. The van der Waals surface area contributed by atoms with Crippen molar-refractivity contribution in [3.63, 3.8) is 0 Å². The van der Waals surface area contributed by atoms with Crippen molar-refractivity contribution >= 4 is 70.2 Å². The van der Waals surface area contributed by atoms with E-state index in [0.717, 1.165) is 27.4 Å². The molecule has 0 radical (unpaired) electrons. The minimum Gasteiger partial charge on any atom is -0.455 e. The van der Waals surface area contributed by atoms with Gasteiger partial charge in [0.15, 0.2) is 11.9 Å². The van der Waals surface area contributed by atoms with E-state index >= 15 is 0 Å². The van der Waals surface area contributed by atoms with Gasteiger partial charge in [0.25, 0.3) is 17.7 Å². The van der Waals surface area contributed by atoms with Crippen molar-refractivity contribution in [3.8, 4) is 0 Å². The van der Waals surface area contributed by atoms with E-state index in [1.54, 1.807) is 38.3 Å². The first kappa shape index (κ1) is 72.0. The number of carbonyl (C=O) groups excluding carboxylic acids is 10. The predicted octanol–water partition coefficient (Wildman–Crippen LogP) is 6.11. The highest BCUT2D eigenvalue weighted by Crippen LogP contribution is 2.33. The number of methoxy groups -OCH3 is 1. The van der Waals surface area contributed by atoms with Gasteiger partial charge >= 0.3 is 5.97 Å². The van der Waals surface area contributed by atoms with Crippen molar-refractivity contribution in [2.24, 2.45) is 29.6 Å². The summed E-state index contributed by atoms with van der Waals surface area (Å²) in [4.78, 5) is 142. The molecule has 0 spiro atoms. The lowest BCUT2D eigenvalue weighted by Gasteiger charge is -2.38. The van der Waals surface area contributed by atoms with E-state index in [1.165, 1.54) is 19.1 Å². The number of amides is 7. The highest BCUT2D eigenvalue weighted by Gasteiger charge is 2.39. The Kier molecular flexibility index (Phi) is 30.8. The number of esters is 1. The smallest absolute Gasteiger partial charge is 0.303 e. The Hall–Kier alpha value is -6.23. The van der Waals surface area contributed by atoms with E-state index in [1.807, 2.05) is 91.7 Å². The number of aromatic nitrogens is 1. The Balaban J connectivity index is 1.73. The van der Waals surface area contributed by atoms with E-state index in [-0.39, 0.29) is 99.1 Å². The van der Waals surface area contributed by atoms with Crippen LogP contribution in [0.2, 0.25) is 0 Å². The van der Waals surface area contributed by atoms with Crippen molar-refractivity contribution in [3.05, 3.63) is 63.6 Å². The van der Waals surface area contributed by atoms with Crippen LogP contribution in [-0.4, -0.2) is 170 Å². The third-order valence-electron chi connectivity index (χ3n) is 15.9. The number of ether oxygens (including phenoxy) is 3. The molecule has 1 aliphatic rings. The summed E-state index contributed by atoms with van der Waals surface area (Å²) in [6, 6.07) is 5.90. The fourth-order valence-electron chi connectivity index (χ4n) is 9.63. The zero-order valence-electron chi connectivity index (χ0n) is 52.3. The van der Waals surface area contributed by atoms with Crippen molar-refractivity contribution in [1.29, 1.82) is 0 Å². The van der Waals surface area contributed by atoms with Gasteiger partial charge in [-0.2, -0.15) is 0 Å². The Labute approximate surface area is 501 Å². The van der Waals surface area contributed by atoms with Crippen LogP contribution < -0.4 is 21.3 Å². The summed E-state index contributed by atoms with van der Waals surface area (Å²) in [5, 5.41) is 13.5. The second-order valence-electron chi connectivity index (χ2n) is 23.4. The largest absolute Gasteiger partial charge is 0.455 e. The predicted molar refractivity (Wildman–Crippen MR) is 321 cm³/mol. The van der Waals surface area contributed by atoms with Crippen molar-refractivity contribution < 1.29 is 62.2 Å². The molecule has 2 heterocycles. The first-order chi connectivity index (χ1) is 39.6. The summed E-state index contributed by atoms with van der Waals surface area (Å²) in [6.45, 7) is 19.8. The van der Waals surface area contributed by atoms with E-state index in [9.17, 15) is 47.9 Å². The number of benzene rings is 1. The summed E-state index contributed by atoms with van der Waals surface area (Å²) >= 11 is 1.15. The number of hydrogen-bond donors (Lipinski definition) is 4. The lowest BCUT2D eigenvalue weighted by Crippen LogP contribution is -2.50. The topological polar surface area (TPSA) is 269 Å². The fourth-order valence-corrected chi connectivity index (χ4v) is 10.5. The Morgan fingerprint density at radius 3 is 2.07 bits per heavy atom. The Bertz CT molecular complexity index is 2530. The Morgan fingerprint density at radius 1 is 0.798 bits per heavy atom. The molecular formula is C62H96N8O13S. The van der Waals surface area contributed by atoms with Crippen LogP contribution >= 0.6 is 11.3 Å². The molecule has 7 amide bonds. The summed E-state index contributed by atoms with van der Waals surface area (Å²) in [5.74, 6) is -5.68. The molecule has 4 N–H and O–H groups in total. The summed E-state index contributed by atoms with van der Waals surface area (Å²) in [6.07, 6.45) is 4.49. The van der Waals surface area contributed by atoms with Crippen LogP contribution in [0.3, 0.4) is 0 Å². The zero-order chi connectivity index (χ0) is 62.8. The van der Waals surface area contributed by atoms with Crippen molar-refractivity contribution in [2.45, 2.75) is 170 Å². The number of rotatable bonds is 40. The molecule has 1 aliphatic heterocycles. The fraction of sp³-hybridized carbons (Fsp3) is 0.661. The third-order valence-corrected chi connectivity index (χ3v) is 16.8. The molecule has 0 fully saturated rings. The number of thiazole rings is 1. The van der Waals surface area contributed by atoms with Gasteiger partial charge < -0.3 is 40.4 Å². The van der Waals surface area contributed by atoms with E-state index < -0.39 is 83.0 Å². The van der Waals surface area contributed by atoms with Crippen LogP contribution in [0.5, 0.6) is 0 Å². The van der Waals surface area contributed by atoms with Crippen molar-refractivity contribution in [2.75, 3.05) is 67.7 Å². The van der Waals surface area contributed by atoms with Crippen LogP contribution in [0.1, 0.15) is 159 Å². The molecule has 21 nitrogen and oxygen atoms in total. The van der Waals surface area contributed by atoms with Gasteiger partial charge in [-0.15, -0.1) is 11.3 Å². The molecule has 4 unspecified atom stereocenters. The maximum Gasteiger partial charge on any atom is 0.303 e. The SMILES string of the molecule is CCC(C)[C@H](CC(=O)C(C)(C)N(C)C)C(=O)N(C)[C@H](C[C@@H](OC(C)=O)c1nc(C(=O)N[C@@H](Cc2ccc(C)cc2)CC(C)C(=O)CC(C)C(=O)NC(CCCCNC(=O)CCCN2C(=O)C=CC2=O)C(=O)NCCOCCOC)cs1)C(C)C. The van der Waals surface area contributed by atoms with E-state index in [0.29, 0.717) is 56.9 Å². The first-order valence-corrected chi connectivity index (χ1v) is 30.4. The molecule has 468 valence electrons. The number of nitrogens with one attached hydrogen (secondary N) is 4. The van der Waals surface area contributed by atoms with Crippen LogP contribution in [0.4, 0.5) is 0 Å². The number of imide groups is 1. The van der Waals surface area contributed by atoms with Gasteiger partial charge in [0.1, 0.15) is 22.5 Å². The average molecular weight is 1190 g/mol. The second-order valence-corrected chi connectivity index (χ2v) is 24.3. The number of carbonyl (C=O) groups is 10. The quantitative estimate of drug-likeness (QED) is 0.0333. The number of unbranched alkanes of at least 4 members (excludes halogenated alkanes) is 1. The summed E-state index contributed by atoms with van der Waals surface area (Å²) in [5.41, 5.74) is 1.27. The lowest BCUT2D eigenvalue weighted by molar-refractivity contribution is -0.150. The van der Waals surface area contributed by atoms with Crippen LogP contribution in [0, 0.1) is 36.5 Å². The molecule has 1 aromatic heterocycles. The highest BCUT2D eigenvalue weighted by atomic mass is 32.1. The molecule has 0 bridgehead atoms. The molecule has 8 atom stereocenters. The van der Waals surface area contributed by atoms with E-state index in [4.69, 9.17) is 19.2 Å². The van der Waals surface area contributed by atoms with Crippen LogP contribution in [0.15, 0.2) is 41.8 Å². The van der Waals surface area contributed by atoms with Crippen LogP contribution in [-0.2, 0) is 63.8 Å². The van der Waals surface area contributed by atoms with Gasteiger partial charge in [0.05, 0.1) is 25.4 Å². The van der Waals surface area contributed by atoms with Gasteiger partial charge in [-0.25, -0.2) is 4.98 Å². The highest BCUT2D eigenvalue weighted by molar-refractivity contribution is 7.09. The van der Waals surface area contributed by atoms with Crippen LogP contribution in [0.25, 0.3) is 0 Å². The normalized spacial score (nSPS) is 15.4. The first-order valence-electron chi connectivity index (χ1n) is 29.6. The standard InChI is InChI=1S/C62H96N8O13S/c1-15-41(5)47(36-53(73)62(9,10)68(11)12)61(80)69(13)50(39(2)3)37-52(83-44(8)71)60-67-49(38-84-60)59(79)65-46(35-45-23-21-40(4)22-24-45)33-42(6)51(72)34-43(7)57(77)66-48(58(78)64-28-30-82-32-31-81-14)19-16-17-27-63-54(74)20-18-29-70-55(75)25-26-56(70)76/h21-26,38-39,41-43,46-48,50,52H,15-20,27-37H2,1-14H3,(H,63,74)(H,64,78)(H,65,79)(H,66,77)/t41?,42?,43?,46-,47+,48?,50-,52-/m1/s1. The molecule has 0 saturated carbocycles. The monoisotopic (exact) mass is 1190 g/mol. The minimum atomic E-state index is -0.950. The lowest BCUT2D eigenvalue weighted by atomic mass is 9.81. The maximum atomic E-state index is 14.4. The number of ketones is 2. The molecule has 3 rings (SSSR count). The third kappa shape index (κ3) is 23.7. The number of likely N-dealkylation sites (N-methyl/N-ethyl adjacent to an activating group) is 1. The van der Waals surface area contributed by atoms with Gasteiger partial charge in [0, 0.05) is 114 Å². The number of aryl methyl sites for hydroxylation is 1. The average Bonchev–Trinajstić information content (AvgIpc) is 4.20. The molecule has 1 aromatic carbocycles. The molecule has 0 saturated heterocycles.